The predicted octanol–water partition coefficient (Wildman–Crippen LogP) is 0.627. The lowest BCUT2D eigenvalue weighted by Crippen LogP contribution is -2.48. The molecule has 1 aromatic carbocycles. The van der Waals surface area contributed by atoms with Gasteiger partial charge in [-0.3, -0.25) is 4.79 Å². The number of nitrogens with two attached hydrogens (primary N) is 1. The summed E-state index contributed by atoms with van der Waals surface area (Å²) in [6, 6.07) is 5.88. The second kappa shape index (κ2) is 5.75. The molecule has 0 saturated carbocycles. The summed E-state index contributed by atoms with van der Waals surface area (Å²) in [5.41, 5.74) is 7.22. The van der Waals surface area contributed by atoms with E-state index < -0.39 is 24.0 Å². The first kappa shape index (κ1) is 14.1. The van der Waals surface area contributed by atoms with Crippen molar-refractivity contribution in [3.8, 4) is 0 Å². The quantitative estimate of drug-likeness (QED) is 0.641. The van der Waals surface area contributed by atoms with Gasteiger partial charge in [0.15, 0.2) is 0 Å². The van der Waals surface area contributed by atoms with Crippen molar-refractivity contribution in [3.05, 3.63) is 36.0 Å². The number of nitrogens with one attached hydrogen (secondary N) is 2. The van der Waals surface area contributed by atoms with Crippen molar-refractivity contribution in [2.75, 3.05) is 0 Å². The number of carbonyl (C=O) groups excluding carboxylic acids is 1. The van der Waals surface area contributed by atoms with Gasteiger partial charge < -0.3 is 21.1 Å². The van der Waals surface area contributed by atoms with Crippen molar-refractivity contribution in [2.45, 2.75) is 25.4 Å². The van der Waals surface area contributed by atoms with Crippen molar-refractivity contribution in [2.24, 2.45) is 5.73 Å². The maximum absolute atomic E-state index is 11.5. The van der Waals surface area contributed by atoms with Gasteiger partial charge in [0.1, 0.15) is 6.04 Å². The molecule has 0 saturated heterocycles. The van der Waals surface area contributed by atoms with E-state index in [0.29, 0.717) is 0 Å². The summed E-state index contributed by atoms with van der Waals surface area (Å²) >= 11 is 0. The summed E-state index contributed by atoms with van der Waals surface area (Å²) in [7, 11) is 0. The number of carbonyl (C=O) groups is 2. The molecule has 0 aliphatic heterocycles. The van der Waals surface area contributed by atoms with E-state index in [-0.39, 0.29) is 6.42 Å². The van der Waals surface area contributed by atoms with Crippen LogP contribution in [0.25, 0.3) is 10.9 Å². The number of benzene rings is 1. The fourth-order valence-electron chi connectivity index (χ4n) is 2.02. The van der Waals surface area contributed by atoms with Gasteiger partial charge in [-0.25, -0.2) is 4.79 Å². The Balaban J connectivity index is 2.20. The third kappa shape index (κ3) is 2.97. The summed E-state index contributed by atoms with van der Waals surface area (Å²) in [6.45, 7) is 1.51. The molecule has 1 amide bonds. The normalized spacial score (nSPS) is 13.9. The molecule has 0 aliphatic carbocycles. The van der Waals surface area contributed by atoms with Gasteiger partial charge >= 0.3 is 5.97 Å². The third-order valence-electron chi connectivity index (χ3n) is 3.13. The van der Waals surface area contributed by atoms with Crippen molar-refractivity contribution in [3.63, 3.8) is 0 Å². The van der Waals surface area contributed by atoms with Gasteiger partial charge in [0.25, 0.3) is 0 Å². The molecule has 0 fully saturated rings. The number of hydrogen-bond donors (Lipinski definition) is 4. The fraction of sp³-hybridized carbons (Fsp3) is 0.286. The molecule has 20 heavy (non-hydrogen) atoms. The van der Waals surface area contributed by atoms with E-state index in [4.69, 9.17) is 5.73 Å². The average molecular weight is 275 g/mol. The highest BCUT2D eigenvalue weighted by Crippen LogP contribution is 2.19. The largest absolute Gasteiger partial charge is 0.480 e. The van der Waals surface area contributed by atoms with Crippen LogP contribution in [0, 0.1) is 0 Å². The van der Waals surface area contributed by atoms with E-state index in [1.54, 1.807) is 6.20 Å². The van der Waals surface area contributed by atoms with E-state index in [9.17, 15) is 14.7 Å². The molecular weight excluding hydrogens is 258 g/mol. The lowest BCUT2D eigenvalue weighted by Gasteiger charge is -2.15. The number of hydrogen-bond acceptors (Lipinski definition) is 3. The Morgan fingerprint density at radius 2 is 2.10 bits per heavy atom. The Hall–Kier alpha value is -2.34. The molecule has 5 N–H and O–H groups in total. The molecule has 0 spiro atoms. The standard InChI is InChI=1S/C14H17N3O3/c1-8(15)13(18)17-12(14(19)20)6-9-7-16-11-5-3-2-4-10(9)11/h2-5,7-8,12,16H,6,15H2,1H3,(H,17,18)(H,19,20)/t8-,12-/m1/s1. The van der Waals surface area contributed by atoms with E-state index >= 15 is 0 Å². The monoisotopic (exact) mass is 275 g/mol. The van der Waals surface area contributed by atoms with Crippen molar-refractivity contribution in [1.82, 2.24) is 10.3 Å². The molecule has 2 rings (SSSR count). The maximum Gasteiger partial charge on any atom is 0.326 e. The lowest BCUT2D eigenvalue weighted by molar-refractivity contribution is -0.141. The second-order valence-electron chi connectivity index (χ2n) is 4.75. The van der Waals surface area contributed by atoms with E-state index in [0.717, 1.165) is 16.5 Å². The zero-order valence-corrected chi connectivity index (χ0v) is 11.1. The van der Waals surface area contributed by atoms with Crippen LogP contribution in [0.15, 0.2) is 30.5 Å². The van der Waals surface area contributed by atoms with Crippen LogP contribution in [0.2, 0.25) is 0 Å². The third-order valence-corrected chi connectivity index (χ3v) is 3.13. The molecule has 1 heterocycles. The van der Waals surface area contributed by atoms with Crippen LogP contribution in [-0.4, -0.2) is 34.1 Å². The zero-order valence-electron chi connectivity index (χ0n) is 11.1. The number of carboxylic acid groups (broad SMARTS) is 1. The van der Waals surface area contributed by atoms with Crippen LogP contribution in [0.1, 0.15) is 12.5 Å². The van der Waals surface area contributed by atoms with Crippen LogP contribution in [0.4, 0.5) is 0 Å². The average Bonchev–Trinajstić information content (AvgIpc) is 2.81. The van der Waals surface area contributed by atoms with Crippen LogP contribution in [0.3, 0.4) is 0 Å². The number of aromatic amines is 1. The minimum Gasteiger partial charge on any atom is -0.480 e. The van der Waals surface area contributed by atoms with E-state index in [1.807, 2.05) is 24.3 Å². The van der Waals surface area contributed by atoms with E-state index in [2.05, 4.69) is 10.3 Å². The summed E-state index contributed by atoms with van der Waals surface area (Å²) < 4.78 is 0. The number of H-pyrrole nitrogens is 1. The number of amides is 1. The Morgan fingerprint density at radius 1 is 1.40 bits per heavy atom. The van der Waals surface area contributed by atoms with Gasteiger partial charge in [0.2, 0.25) is 5.91 Å². The Kier molecular flexibility index (Phi) is 4.05. The first-order valence-corrected chi connectivity index (χ1v) is 6.33. The van der Waals surface area contributed by atoms with Gasteiger partial charge in [-0.05, 0) is 18.6 Å². The number of para-hydroxylation sites is 1. The SMILES string of the molecule is C[C@@H](N)C(=O)N[C@H](Cc1c[nH]c2ccccc12)C(=O)O. The molecule has 2 atom stereocenters. The summed E-state index contributed by atoms with van der Waals surface area (Å²) in [6.07, 6.45) is 1.97. The van der Waals surface area contributed by atoms with Gasteiger partial charge in [-0.1, -0.05) is 18.2 Å². The van der Waals surface area contributed by atoms with E-state index in [1.165, 1.54) is 6.92 Å². The molecule has 106 valence electrons. The summed E-state index contributed by atoms with van der Waals surface area (Å²) in [5.74, 6) is -1.55. The van der Waals surface area contributed by atoms with Crippen LogP contribution < -0.4 is 11.1 Å². The van der Waals surface area contributed by atoms with Crippen LogP contribution in [-0.2, 0) is 16.0 Å². The molecule has 6 nitrogen and oxygen atoms in total. The molecule has 0 aliphatic rings. The molecule has 1 aromatic heterocycles. The molecular formula is C14H17N3O3. The first-order valence-electron chi connectivity index (χ1n) is 6.33. The zero-order chi connectivity index (χ0) is 14.7. The molecule has 0 bridgehead atoms. The van der Waals surface area contributed by atoms with Gasteiger partial charge in [-0.15, -0.1) is 0 Å². The Labute approximate surface area is 116 Å². The van der Waals surface area contributed by atoms with Crippen molar-refractivity contribution >= 4 is 22.8 Å². The highest BCUT2D eigenvalue weighted by atomic mass is 16.4. The van der Waals surface area contributed by atoms with Crippen LogP contribution in [0.5, 0.6) is 0 Å². The number of carboxylic acids is 1. The number of fused-ring (bicyclic) bond motifs is 1. The molecule has 0 radical (unpaired) electrons. The molecule has 2 aromatic rings. The summed E-state index contributed by atoms with van der Waals surface area (Å²) in [5, 5.41) is 12.6. The fourth-order valence-corrected chi connectivity index (χ4v) is 2.02. The van der Waals surface area contributed by atoms with Gasteiger partial charge in [0, 0.05) is 23.5 Å². The smallest absolute Gasteiger partial charge is 0.326 e. The van der Waals surface area contributed by atoms with Crippen molar-refractivity contribution in [1.29, 1.82) is 0 Å². The molecule has 0 unspecified atom stereocenters. The molecule has 6 heteroatoms. The number of rotatable bonds is 5. The predicted molar refractivity (Wildman–Crippen MR) is 75.2 cm³/mol. The Morgan fingerprint density at radius 3 is 2.75 bits per heavy atom. The van der Waals surface area contributed by atoms with Crippen LogP contribution >= 0.6 is 0 Å². The Bertz CT molecular complexity index is 633. The van der Waals surface area contributed by atoms with Gasteiger partial charge in [0.05, 0.1) is 6.04 Å². The maximum atomic E-state index is 11.5. The minimum absolute atomic E-state index is 0.206. The highest BCUT2D eigenvalue weighted by molar-refractivity contribution is 5.88. The van der Waals surface area contributed by atoms with Crippen molar-refractivity contribution < 1.29 is 14.7 Å². The number of aromatic nitrogens is 1. The second-order valence-corrected chi connectivity index (χ2v) is 4.75. The number of aliphatic carboxylic acids is 1. The van der Waals surface area contributed by atoms with Gasteiger partial charge in [-0.2, -0.15) is 0 Å². The minimum atomic E-state index is -1.08. The topological polar surface area (TPSA) is 108 Å². The lowest BCUT2D eigenvalue weighted by atomic mass is 10.0. The summed E-state index contributed by atoms with van der Waals surface area (Å²) in [4.78, 5) is 25.9. The highest BCUT2D eigenvalue weighted by Gasteiger charge is 2.22. The first-order chi connectivity index (χ1) is 9.49.